The molecule has 0 radical (unpaired) electrons. The van der Waals surface area contributed by atoms with Crippen molar-refractivity contribution < 1.29 is 4.39 Å². The van der Waals surface area contributed by atoms with Crippen molar-refractivity contribution in [3.8, 4) is 0 Å². The predicted molar refractivity (Wildman–Crippen MR) is 55.6 cm³/mol. The first-order valence-corrected chi connectivity index (χ1v) is 4.70. The van der Waals surface area contributed by atoms with Crippen LogP contribution >= 0.6 is 0 Å². The maximum absolute atomic E-state index is 11.9. The van der Waals surface area contributed by atoms with Gasteiger partial charge in [-0.2, -0.15) is 0 Å². The predicted octanol–water partition coefficient (Wildman–Crippen LogP) is -0.121. The number of hydrogen-bond acceptors (Lipinski definition) is 3. The molecule has 0 saturated carbocycles. The molecule has 0 fully saturated rings. The number of halogens is 1. The molecule has 0 unspecified atom stereocenters. The van der Waals surface area contributed by atoms with Crippen LogP contribution in [0.25, 0.3) is 0 Å². The second-order valence-corrected chi connectivity index (χ2v) is 3.33. The lowest BCUT2D eigenvalue weighted by atomic mass is 10.3. The van der Waals surface area contributed by atoms with E-state index in [2.05, 4.69) is 0 Å². The van der Waals surface area contributed by atoms with E-state index in [4.69, 9.17) is 5.73 Å². The first-order chi connectivity index (χ1) is 7.07. The van der Waals surface area contributed by atoms with Gasteiger partial charge in [-0.15, -0.1) is 0 Å². The van der Waals surface area contributed by atoms with Gasteiger partial charge in [0.15, 0.2) is 0 Å². The van der Waals surface area contributed by atoms with Gasteiger partial charge in [0.1, 0.15) is 5.69 Å². The maximum atomic E-state index is 11.9. The molecule has 5 nitrogen and oxygen atoms in total. The van der Waals surface area contributed by atoms with Crippen molar-refractivity contribution in [3.63, 3.8) is 0 Å². The number of aromatic nitrogens is 2. The van der Waals surface area contributed by atoms with Crippen LogP contribution in [0.5, 0.6) is 0 Å². The minimum Gasteiger partial charge on any atom is -0.393 e. The molecule has 15 heavy (non-hydrogen) atoms. The van der Waals surface area contributed by atoms with Crippen LogP contribution in [0.2, 0.25) is 0 Å². The third-order valence-electron chi connectivity index (χ3n) is 2.12. The number of unbranched alkanes of at least 4 members (excludes halogenated alkanes) is 1. The van der Waals surface area contributed by atoms with E-state index in [1.807, 2.05) is 0 Å². The van der Waals surface area contributed by atoms with Gasteiger partial charge in [-0.1, -0.05) is 0 Å². The fourth-order valence-corrected chi connectivity index (χ4v) is 1.31. The van der Waals surface area contributed by atoms with Gasteiger partial charge in [-0.3, -0.25) is 13.8 Å². The fraction of sp³-hybridized carbons (Fsp3) is 0.556. The summed E-state index contributed by atoms with van der Waals surface area (Å²) in [5.41, 5.74) is 4.53. The lowest BCUT2D eigenvalue weighted by molar-refractivity contribution is 0.439. The second-order valence-electron chi connectivity index (χ2n) is 3.33. The lowest BCUT2D eigenvalue weighted by Gasteiger charge is -2.07. The Morgan fingerprint density at radius 3 is 2.67 bits per heavy atom. The first-order valence-electron chi connectivity index (χ1n) is 4.70. The van der Waals surface area contributed by atoms with Crippen molar-refractivity contribution in [2.45, 2.75) is 19.4 Å². The van der Waals surface area contributed by atoms with Gasteiger partial charge in [0.05, 0.1) is 6.67 Å². The van der Waals surface area contributed by atoms with E-state index in [0.29, 0.717) is 12.8 Å². The monoisotopic (exact) mass is 215 g/mol. The largest absolute Gasteiger partial charge is 0.393 e. The van der Waals surface area contributed by atoms with Crippen molar-refractivity contribution in [1.82, 2.24) is 9.13 Å². The summed E-state index contributed by atoms with van der Waals surface area (Å²) in [6.45, 7) is -0.238. The van der Waals surface area contributed by atoms with Crippen molar-refractivity contribution in [2.24, 2.45) is 7.05 Å². The van der Waals surface area contributed by atoms with Gasteiger partial charge in [-0.05, 0) is 12.8 Å². The third kappa shape index (κ3) is 2.45. The molecule has 1 heterocycles. The molecule has 0 amide bonds. The van der Waals surface area contributed by atoms with Gasteiger partial charge in [0.2, 0.25) is 0 Å². The maximum Gasteiger partial charge on any atom is 0.330 e. The molecule has 1 aromatic rings. The Bertz CT molecular complexity index is 415. The highest BCUT2D eigenvalue weighted by Crippen LogP contribution is 1.93. The molecule has 0 saturated heterocycles. The normalized spacial score (nSPS) is 10.5. The summed E-state index contributed by atoms with van der Waals surface area (Å²) >= 11 is 0. The van der Waals surface area contributed by atoms with Gasteiger partial charge in [0.25, 0.3) is 5.56 Å². The number of nitrogens with zero attached hydrogens (tertiary/aromatic N) is 2. The van der Waals surface area contributed by atoms with Crippen LogP contribution in [-0.2, 0) is 13.6 Å². The molecular weight excluding hydrogens is 201 g/mol. The Morgan fingerprint density at radius 1 is 1.40 bits per heavy atom. The van der Waals surface area contributed by atoms with Crippen LogP contribution in [0.3, 0.4) is 0 Å². The van der Waals surface area contributed by atoms with E-state index >= 15 is 0 Å². The van der Waals surface area contributed by atoms with Crippen LogP contribution in [0.1, 0.15) is 12.8 Å². The summed E-state index contributed by atoms with van der Waals surface area (Å²) in [5, 5.41) is 0. The number of alkyl halides is 1. The summed E-state index contributed by atoms with van der Waals surface area (Å²) in [5.74, 6) is 0. The molecule has 0 bridgehead atoms. The molecule has 6 heteroatoms. The fourth-order valence-electron chi connectivity index (χ4n) is 1.31. The first kappa shape index (κ1) is 11.5. The van der Waals surface area contributed by atoms with Gasteiger partial charge < -0.3 is 10.3 Å². The minimum atomic E-state index is -0.503. The zero-order chi connectivity index (χ0) is 11.4. The van der Waals surface area contributed by atoms with Crippen molar-refractivity contribution in [3.05, 3.63) is 27.0 Å². The van der Waals surface area contributed by atoms with Crippen molar-refractivity contribution in [2.75, 3.05) is 12.4 Å². The SMILES string of the molecule is Cn1cc(N)c(=O)n(CCCCF)c1=O. The Labute approximate surface area is 85.9 Å². The van der Waals surface area contributed by atoms with Crippen molar-refractivity contribution >= 4 is 5.69 Å². The summed E-state index contributed by atoms with van der Waals surface area (Å²) in [6, 6.07) is 0. The molecule has 0 aliphatic heterocycles. The van der Waals surface area contributed by atoms with Crippen molar-refractivity contribution in [1.29, 1.82) is 0 Å². The van der Waals surface area contributed by atoms with Crippen LogP contribution in [-0.4, -0.2) is 15.8 Å². The number of nitrogens with two attached hydrogens (primary N) is 1. The zero-order valence-corrected chi connectivity index (χ0v) is 8.57. The van der Waals surface area contributed by atoms with E-state index in [-0.39, 0.29) is 12.2 Å². The third-order valence-corrected chi connectivity index (χ3v) is 2.12. The van der Waals surface area contributed by atoms with Crippen LogP contribution in [0, 0.1) is 0 Å². The summed E-state index contributed by atoms with van der Waals surface area (Å²) in [7, 11) is 1.52. The topological polar surface area (TPSA) is 70.0 Å². The molecule has 84 valence electrons. The number of hydrogen-bond donors (Lipinski definition) is 1. The number of anilines is 1. The summed E-state index contributed by atoms with van der Waals surface area (Å²) in [6.07, 6.45) is 2.08. The Kier molecular flexibility index (Phi) is 3.65. The zero-order valence-electron chi connectivity index (χ0n) is 8.57. The van der Waals surface area contributed by atoms with Crippen LogP contribution < -0.4 is 17.0 Å². The Balaban J connectivity index is 3.05. The average molecular weight is 215 g/mol. The van der Waals surface area contributed by atoms with Gasteiger partial charge >= 0.3 is 5.69 Å². The molecule has 0 aliphatic rings. The minimum absolute atomic E-state index is 0.0253. The highest BCUT2D eigenvalue weighted by atomic mass is 19.1. The van der Waals surface area contributed by atoms with Gasteiger partial charge in [0, 0.05) is 19.8 Å². The molecule has 1 rings (SSSR count). The number of aryl methyl sites for hydroxylation is 1. The highest BCUT2D eigenvalue weighted by molar-refractivity contribution is 5.30. The average Bonchev–Trinajstić information content (AvgIpc) is 2.20. The number of nitrogen functional groups attached to an aromatic ring is 1. The molecule has 0 spiro atoms. The van der Waals surface area contributed by atoms with E-state index in [1.165, 1.54) is 17.8 Å². The molecule has 0 aromatic carbocycles. The van der Waals surface area contributed by atoms with Crippen LogP contribution in [0.15, 0.2) is 15.8 Å². The molecule has 1 aromatic heterocycles. The van der Waals surface area contributed by atoms with E-state index in [9.17, 15) is 14.0 Å². The van der Waals surface area contributed by atoms with Crippen LogP contribution in [0.4, 0.5) is 10.1 Å². The smallest absolute Gasteiger partial charge is 0.330 e. The van der Waals surface area contributed by atoms with E-state index < -0.39 is 17.9 Å². The lowest BCUT2D eigenvalue weighted by Crippen LogP contribution is -2.39. The number of rotatable bonds is 4. The summed E-state index contributed by atoms with van der Waals surface area (Å²) in [4.78, 5) is 23.0. The quantitative estimate of drug-likeness (QED) is 0.712. The Hall–Kier alpha value is -1.59. The second kappa shape index (κ2) is 4.77. The molecule has 0 atom stereocenters. The van der Waals surface area contributed by atoms with E-state index in [0.717, 1.165) is 4.57 Å². The molecular formula is C9H14FN3O2. The van der Waals surface area contributed by atoms with Gasteiger partial charge in [-0.25, -0.2) is 4.79 Å². The highest BCUT2D eigenvalue weighted by Gasteiger charge is 2.06. The molecule has 0 aliphatic carbocycles. The molecule has 2 N–H and O–H groups in total. The van der Waals surface area contributed by atoms with E-state index in [1.54, 1.807) is 0 Å². The summed E-state index contributed by atoms with van der Waals surface area (Å²) < 4.78 is 14.1. The standard InChI is InChI=1S/C9H14FN3O2/c1-12-6-7(11)8(14)13(9(12)15)5-3-2-4-10/h6H,2-5,11H2,1H3. The Morgan fingerprint density at radius 2 is 2.07 bits per heavy atom.